The van der Waals surface area contributed by atoms with Gasteiger partial charge in [-0.1, -0.05) is 24.3 Å². The molecule has 1 heterocycles. The van der Waals surface area contributed by atoms with Crippen LogP contribution in [-0.2, 0) is 6.42 Å². The highest BCUT2D eigenvalue weighted by Gasteiger charge is 2.12. The zero-order valence-electron chi connectivity index (χ0n) is 7.79. The fourth-order valence-corrected chi connectivity index (χ4v) is 3.22. The predicted molar refractivity (Wildman–Crippen MR) is 63.6 cm³/mol. The molecule has 0 spiro atoms. The van der Waals surface area contributed by atoms with Crippen LogP contribution in [0.4, 0.5) is 5.69 Å². The van der Waals surface area contributed by atoms with Gasteiger partial charge < -0.3 is 5.73 Å². The fraction of sp³-hybridized carbons (Fsp3) is 0.167. The third-order valence-corrected chi connectivity index (χ3v) is 4.01. The number of hydrogen-bond donors (Lipinski definition) is 1. The Hall–Kier alpha value is -1.28. The van der Waals surface area contributed by atoms with Gasteiger partial charge in [-0.2, -0.15) is 0 Å². The lowest BCUT2D eigenvalue weighted by Crippen LogP contribution is -1.87. The molecule has 0 bridgehead atoms. The second-order valence-electron chi connectivity index (χ2n) is 3.60. The lowest BCUT2D eigenvalue weighted by atomic mass is 10.0. The Bertz CT molecular complexity index is 522. The number of hydrogen-bond acceptors (Lipinski definition) is 2. The van der Waals surface area contributed by atoms with Crippen LogP contribution in [-0.4, -0.2) is 0 Å². The highest BCUT2D eigenvalue weighted by atomic mass is 32.1. The average molecular weight is 201 g/mol. The summed E-state index contributed by atoms with van der Waals surface area (Å²) < 4.78 is 1.25. The Kier molecular flexibility index (Phi) is 1.64. The molecule has 2 N–H and O–H groups in total. The monoisotopic (exact) mass is 201 g/mol. The molecule has 0 saturated carbocycles. The highest BCUT2D eigenvalue weighted by molar-refractivity contribution is 7.20. The normalized spacial score (nSPS) is 14.6. The summed E-state index contributed by atoms with van der Waals surface area (Å²) in [5, 5.41) is 1.32. The molecule has 1 aromatic heterocycles. The first kappa shape index (κ1) is 8.06. The third kappa shape index (κ3) is 1.01. The van der Waals surface area contributed by atoms with Crippen LogP contribution in [0.3, 0.4) is 0 Å². The Morgan fingerprint density at radius 3 is 3.14 bits per heavy atom. The smallest absolute Gasteiger partial charge is 0.0581 e. The summed E-state index contributed by atoms with van der Waals surface area (Å²) in [5.74, 6) is 0. The van der Waals surface area contributed by atoms with Gasteiger partial charge in [0.05, 0.1) is 4.70 Å². The fourth-order valence-electron chi connectivity index (χ4n) is 1.99. The van der Waals surface area contributed by atoms with Crippen molar-refractivity contribution in [2.75, 3.05) is 5.73 Å². The van der Waals surface area contributed by atoms with Gasteiger partial charge in [0.1, 0.15) is 0 Å². The summed E-state index contributed by atoms with van der Waals surface area (Å²) in [5.41, 5.74) is 8.26. The molecule has 70 valence electrons. The van der Waals surface area contributed by atoms with Crippen molar-refractivity contribution in [1.29, 1.82) is 0 Å². The minimum atomic E-state index is 0.912. The molecular formula is C12H11NS. The lowest BCUT2D eigenvalue weighted by Gasteiger charge is -2.02. The van der Waals surface area contributed by atoms with Crippen LogP contribution >= 0.6 is 11.3 Å². The zero-order chi connectivity index (χ0) is 9.54. The SMILES string of the molecule is Nc1cccc2c3c(sc12)CCC=C3. The molecule has 0 fully saturated rings. The maximum absolute atomic E-state index is 5.95. The molecule has 2 heteroatoms. The van der Waals surface area contributed by atoms with Crippen molar-refractivity contribution in [2.45, 2.75) is 12.8 Å². The highest BCUT2D eigenvalue weighted by Crippen LogP contribution is 2.38. The number of thiophene rings is 1. The van der Waals surface area contributed by atoms with E-state index in [1.807, 2.05) is 23.5 Å². The minimum absolute atomic E-state index is 0.912. The van der Waals surface area contributed by atoms with Crippen LogP contribution in [0.1, 0.15) is 16.9 Å². The van der Waals surface area contributed by atoms with Crippen LogP contribution in [0.25, 0.3) is 16.2 Å². The van der Waals surface area contributed by atoms with E-state index in [2.05, 4.69) is 18.2 Å². The maximum atomic E-state index is 5.95. The summed E-state index contributed by atoms with van der Waals surface area (Å²) in [7, 11) is 0. The molecule has 0 atom stereocenters. The van der Waals surface area contributed by atoms with Gasteiger partial charge in [-0.3, -0.25) is 0 Å². The van der Waals surface area contributed by atoms with E-state index in [1.165, 1.54) is 33.4 Å². The number of allylic oxidation sites excluding steroid dienone is 1. The predicted octanol–water partition coefficient (Wildman–Crippen LogP) is 3.44. The molecule has 1 nitrogen and oxygen atoms in total. The van der Waals surface area contributed by atoms with Gasteiger partial charge >= 0.3 is 0 Å². The molecule has 0 saturated heterocycles. The first-order valence-corrected chi connectivity index (χ1v) is 5.64. The molecule has 0 unspecified atom stereocenters. The summed E-state index contributed by atoms with van der Waals surface area (Å²) in [4.78, 5) is 1.49. The number of anilines is 1. The van der Waals surface area contributed by atoms with E-state index in [4.69, 9.17) is 5.73 Å². The molecule has 1 aliphatic carbocycles. The first-order valence-electron chi connectivity index (χ1n) is 4.82. The van der Waals surface area contributed by atoms with E-state index in [0.29, 0.717) is 0 Å². The zero-order valence-corrected chi connectivity index (χ0v) is 8.60. The minimum Gasteiger partial charge on any atom is -0.398 e. The number of aryl methyl sites for hydroxylation is 1. The van der Waals surface area contributed by atoms with Gasteiger partial charge in [-0.15, -0.1) is 11.3 Å². The Labute approximate surface area is 86.9 Å². The molecular weight excluding hydrogens is 190 g/mol. The molecule has 2 aromatic rings. The van der Waals surface area contributed by atoms with Crippen molar-refractivity contribution in [3.63, 3.8) is 0 Å². The van der Waals surface area contributed by atoms with Gasteiger partial charge in [0.25, 0.3) is 0 Å². The van der Waals surface area contributed by atoms with Crippen molar-refractivity contribution in [2.24, 2.45) is 0 Å². The molecule has 0 amide bonds. The van der Waals surface area contributed by atoms with Crippen LogP contribution in [0, 0.1) is 0 Å². The second kappa shape index (κ2) is 2.85. The van der Waals surface area contributed by atoms with E-state index in [9.17, 15) is 0 Å². The number of nitrogens with two attached hydrogens (primary N) is 1. The largest absolute Gasteiger partial charge is 0.398 e. The number of nitrogen functional groups attached to an aromatic ring is 1. The van der Waals surface area contributed by atoms with Crippen molar-refractivity contribution in [3.8, 4) is 0 Å². The quantitative estimate of drug-likeness (QED) is 0.649. The Balaban J connectivity index is 2.43. The molecule has 14 heavy (non-hydrogen) atoms. The maximum Gasteiger partial charge on any atom is 0.0581 e. The van der Waals surface area contributed by atoms with Gasteiger partial charge in [-0.05, 0) is 24.5 Å². The summed E-state index contributed by atoms with van der Waals surface area (Å²) in [6.45, 7) is 0. The van der Waals surface area contributed by atoms with Gasteiger partial charge in [-0.25, -0.2) is 0 Å². The van der Waals surface area contributed by atoms with Crippen molar-refractivity contribution in [1.82, 2.24) is 0 Å². The second-order valence-corrected chi connectivity index (χ2v) is 4.71. The van der Waals surface area contributed by atoms with Gasteiger partial charge in [0, 0.05) is 16.0 Å². The molecule has 0 aliphatic heterocycles. The topological polar surface area (TPSA) is 26.0 Å². The lowest BCUT2D eigenvalue weighted by molar-refractivity contribution is 1.02. The van der Waals surface area contributed by atoms with Crippen LogP contribution < -0.4 is 5.73 Å². The molecule has 3 rings (SSSR count). The summed E-state index contributed by atoms with van der Waals surface area (Å²) in [6, 6.07) is 6.18. The van der Waals surface area contributed by atoms with E-state index >= 15 is 0 Å². The molecule has 1 aromatic carbocycles. The number of fused-ring (bicyclic) bond motifs is 3. The van der Waals surface area contributed by atoms with Crippen molar-refractivity contribution in [3.05, 3.63) is 34.7 Å². The molecule has 1 aliphatic rings. The number of benzene rings is 1. The van der Waals surface area contributed by atoms with Gasteiger partial charge in [0.15, 0.2) is 0 Å². The molecule has 0 radical (unpaired) electrons. The Morgan fingerprint density at radius 1 is 1.29 bits per heavy atom. The van der Waals surface area contributed by atoms with Crippen LogP contribution in [0.2, 0.25) is 0 Å². The Morgan fingerprint density at radius 2 is 2.21 bits per heavy atom. The summed E-state index contributed by atoms with van der Waals surface area (Å²) in [6.07, 6.45) is 6.82. The summed E-state index contributed by atoms with van der Waals surface area (Å²) >= 11 is 1.85. The van der Waals surface area contributed by atoms with Crippen LogP contribution in [0.5, 0.6) is 0 Å². The van der Waals surface area contributed by atoms with Crippen molar-refractivity contribution < 1.29 is 0 Å². The van der Waals surface area contributed by atoms with Gasteiger partial charge in [0.2, 0.25) is 0 Å². The average Bonchev–Trinajstić information content (AvgIpc) is 2.59. The third-order valence-electron chi connectivity index (χ3n) is 2.68. The first-order chi connectivity index (χ1) is 6.86. The standard InChI is InChI=1S/C12H11NS/c13-10-6-3-5-9-8-4-1-2-7-11(8)14-12(9)10/h1,3-6H,2,7,13H2. The van der Waals surface area contributed by atoms with E-state index in [1.54, 1.807) is 0 Å². The van der Waals surface area contributed by atoms with Crippen LogP contribution in [0.15, 0.2) is 24.3 Å². The number of rotatable bonds is 0. The van der Waals surface area contributed by atoms with E-state index < -0.39 is 0 Å². The van der Waals surface area contributed by atoms with Crippen molar-refractivity contribution >= 4 is 33.2 Å². The van der Waals surface area contributed by atoms with E-state index in [-0.39, 0.29) is 0 Å². The van der Waals surface area contributed by atoms with E-state index in [0.717, 1.165) is 5.69 Å².